The van der Waals surface area contributed by atoms with Crippen LogP contribution in [0.3, 0.4) is 0 Å². The minimum atomic E-state index is 0.653. The highest BCUT2D eigenvalue weighted by Crippen LogP contribution is 2.29. The molecule has 0 aliphatic carbocycles. The number of unbranched alkanes of at least 4 members (excludes halogenated alkanes) is 1. The molecule has 0 saturated carbocycles. The highest BCUT2D eigenvalue weighted by Gasteiger charge is 2.24. The molecular weight excluding hydrogens is 464 g/mol. The Bertz CT molecular complexity index is 1070. The number of aromatic nitrogens is 1. The van der Waals surface area contributed by atoms with Gasteiger partial charge >= 0.3 is 0 Å². The second kappa shape index (κ2) is 17.2. The molecule has 36 heavy (non-hydrogen) atoms. The van der Waals surface area contributed by atoms with Crippen LogP contribution in [0.15, 0.2) is 42.6 Å². The van der Waals surface area contributed by atoms with E-state index in [0.29, 0.717) is 16.6 Å². The average Bonchev–Trinajstić information content (AvgIpc) is 3.33. The third kappa shape index (κ3) is 8.10. The topological polar surface area (TPSA) is 44.0 Å². The van der Waals surface area contributed by atoms with Gasteiger partial charge in [-0.15, -0.1) is 0 Å². The number of nitriles is 1. The molecule has 1 N–H and O–H groups in total. The number of likely N-dealkylation sites (tertiary alicyclic amines) is 1. The Balaban J connectivity index is 0.00000101. The minimum absolute atomic E-state index is 0.653. The molecule has 5 heteroatoms. The molecule has 0 bridgehead atoms. The number of nitrogens with one attached hydrogen (secondary N) is 1. The molecular formula is C31H47ClN4. The third-order valence-electron chi connectivity index (χ3n) is 6.20. The molecule has 2 aromatic carbocycles. The molecule has 4 rings (SSSR count). The van der Waals surface area contributed by atoms with Gasteiger partial charge in [-0.05, 0) is 67.8 Å². The van der Waals surface area contributed by atoms with E-state index in [9.17, 15) is 5.26 Å². The first-order valence-electron chi connectivity index (χ1n) is 13.9. The van der Waals surface area contributed by atoms with Crippen LogP contribution in [-0.4, -0.2) is 42.2 Å². The second-order valence-corrected chi connectivity index (χ2v) is 8.65. The van der Waals surface area contributed by atoms with Gasteiger partial charge < -0.3 is 9.88 Å². The zero-order valence-corrected chi connectivity index (χ0v) is 24.5. The van der Waals surface area contributed by atoms with Crippen molar-refractivity contribution in [1.82, 2.24) is 14.8 Å². The first kappa shape index (κ1) is 31.7. The lowest BCUT2D eigenvalue weighted by molar-refractivity contribution is 0.134. The Hall–Kier alpha value is -2.32. The van der Waals surface area contributed by atoms with Crippen molar-refractivity contribution >= 4 is 22.5 Å². The number of halogens is 1. The van der Waals surface area contributed by atoms with Gasteiger partial charge in [-0.2, -0.15) is 5.26 Å². The summed E-state index contributed by atoms with van der Waals surface area (Å²) in [6.07, 6.45) is 6.10. The molecule has 4 nitrogen and oxygen atoms in total. The van der Waals surface area contributed by atoms with Crippen LogP contribution >= 0.6 is 11.6 Å². The fraction of sp³-hybridized carbons (Fsp3) is 0.516. The predicted octanol–water partition coefficient (Wildman–Crippen LogP) is 8.02. The number of fused-ring (bicyclic) bond motifs is 1. The van der Waals surface area contributed by atoms with E-state index >= 15 is 0 Å². The van der Waals surface area contributed by atoms with E-state index in [4.69, 9.17) is 11.6 Å². The van der Waals surface area contributed by atoms with Gasteiger partial charge in [-0.3, -0.25) is 4.90 Å². The van der Waals surface area contributed by atoms with E-state index in [0.717, 1.165) is 62.1 Å². The smallest absolute Gasteiger partial charge is 0.0995 e. The standard InChI is InChI=1S/C25H29ClN4.3C2H6/c1-3-4-5-23-20(15-27)13-22(14-24(23)26)30-11-9-19-12-18(6-7-25(19)30)8-10-29-16-21(17-29)28-2;3*1-2/h6-7,9,11-14,21,28H,3-5,8,10,16-17H2,1-2H3;3*1-2H3. The lowest BCUT2D eigenvalue weighted by Gasteiger charge is -2.39. The van der Waals surface area contributed by atoms with Crippen LogP contribution in [0.5, 0.6) is 0 Å². The normalized spacial score (nSPS) is 12.8. The van der Waals surface area contributed by atoms with Gasteiger partial charge in [0.05, 0.1) is 17.1 Å². The molecule has 0 atom stereocenters. The largest absolute Gasteiger partial charge is 0.316 e. The molecule has 0 spiro atoms. The van der Waals surface area contributed by atoms with Crippen molar-refractivity contribution in [3.05, 3.63) is 64.3 Å². The van der Waals surface area contributed by atoms with Crippen LogP contribution < -0.4 is 5.32 Å². The lowest BCUT2D eigenvalue weighted by atomic mass is 10.0. The molecule has 0 unspecified atom stereocenters. The quantitative estimate of drug-likeness (QED) is 0.333. The van der Waals surface area contributed by atoms with Crippen LogP contribution in [0.4, 0.5) is 0 Å². The summed E-state index contributed by atoms with van der Waals surface area (Å²) in [6.45, 7) is 17.5. The van der Waals surface area contributed by atoms with Crippen LogP contribution in [0.1, 0.15) is 78.0 Å². The van der Waals surface area contributed by atoms with Gasteiger partial charge in [0, 0.05) is 48.0 Å². The second-order valence-electron chi connectivity index (χ2n) is 8.24. The van der Waals surface area contributed by atoms with E-state index in [2.05, 4.69) is 58.2 Å². The Morgan fingerprint density at radius 3 is 2.31 bits per heavy atom. The molecule has 2 heterocycles. The first-order chi connectivity index (χ1) is 17.6. The zero-order valence-electron chi connectivity index (χ0n) is 23.8. The molecule has 1 aromatic heterocycles. The summed E-state index contributed by atoms with van der Waals surface area (Å²) in [7, 11) is 2.03. The molecule has 1 aliphatic rings. The monoisotopic (exact) mass is 510 g/mol. The van der Waals surface area contributed by atoms with Gasteiger partial charge in [-0.25, -0.2) is 0 Å². The van der Waals surface area contributed by atoms with Crippen LogP contribution in [-0.2, 0) is 12.8 Å². The van der Waals surface area contributed by atoms with Gasteiger partial charge in [0.25, 0.3) is 0 Å². The highest BCUT2D eigenvalue weighted by atomic mass is 35.5. The number of benzene rings is 2. The van der Waals surface area contributed by atoms with Crippen molar-refractivity contribution in [2.75, 3.05) is 26.7 Å². The molecule has 3 aromatic rings. The SMILES string of the molecule is CC.CC.CC.CCCCc1c(Cl)cc(-n2ccc3cc(CCN4CC(NC)C4)ccc32)cc1C#N. The number of nitrogens with zero attached hydrogens (tertiary/aromatic N) is 3. The summed E-state index contributed by atoms with van der Waals surface area (Å²) in [5, 5.41) is 14.9. The van der Waals surface area contributed by atoms with Gasteiger partial charge in [0.15, 0.2) is 0 Å². The fourth-order valence-corrected chi connectivity index (χ4v) is 4.57. The Labute approximate surface area is 225 Å². The Morgan fingerprint density at radius 2 is 1.69 bits per heavy atom. The number of hydrogen-bond donors (Lipinski definition) is 1. The summed E-state index contributed by atoms with van der Waals surface area (Å²) in [4.78, 5) is 2.49. The van der Waals surface area contributed by atoms with Crippen molar-refractivity contribution in [2.24, 2.45) is 0 Å². The van der Waals surface area contributed by atoms with Gasteiger partial charge in [-0.1, -0.05) is 72.6 Å². The summed E-state index contributed by atoms with van der Waals surface area (Å²) in [5.41, 5.74) is 5.09. The Kier molecular flexibility index (Phi) is 15.1. The van der Waals surface area contributed by atoms with Crippen molar-refractivity contribution in [3.63, 3.8) is 0 Å². The van der Waals surface area contributed by atoms with E-state index in [-0.39, 0.29) is 0 Å². The summed E-state index contributed by atoms with van der Waals surface area (Å²) in [6, 6.07) is 15.8. The van der Waals surface area contributed by atoms with Crippen molar-refractivity contribution in [1.29, 1.82) is 5.26 Å². The van der Waals surface area contributed by atoms with E-state index in [1.165, 1.54) is 10.9 Å². The Morgan fingerprint density at radius 1 is 1.00 bits per heavy atom. The number of rotatable bonds is 8. The van der Waals surface area contributed by atoms with Crippen molar-refractivity contribution < 1.29 is 0 Å². The average molecular weight is 511 g/mol. The van der Waals surface area contributed by atoms with E-state index < -0.39 is 0 Å². The molecule has 0 radical (unpaired) electrons. The van der Waals surface area contributed by atoms with E-state index in [1.54, 1.807) is 0 Å². The van der Waals surface area contributed by atoms with Gasteiger partial charge in [0.2, 0.25) is 0 Å². The molecule has 1 aliphatic heterocycles. The lowest BCUT2D eigenvalue weighted by Crippen LogP contribution is -2.57. The van der Waals surface area contributed by atoms with Gasteiger partial charge in [0.1, 0.15) is 0 Å². The van der Waals surface area contributed by atoms with Crippen LogP contribution in [0, 0.1) is 11.3 Å². The number of hydrogen-bond acceptors (Lipinski definition) is 3. The maximum absolute atomic E-state index is 9.65. The molecule has 198 valence electrons. The van der Waals surface area contributed by atoms with E-state index in [1.807, 2.05) is 60.7 Å². The molecule has 1 saturated heterocycles. The zero-order chi connectivity index (χ0) is 27.1. The third-order valence-corrected chi connectivity index (χ3v) is 6.53. The predicted molar refractivity (Wildman–Crippen MR) is 159 cm³/mol. The first-order valence-corrected chi connectivity index (χ1v) is 14.2. The van der Waals surface area contributed by atoms with Crippen molar-refractivity contribution in [3.8, 4) is 11.8 Å². The summed E-state index contributed by atoms with van der Waals surface area (Å²) < 4.78 is 2.13. The fourth-order valence-electron chi connectivity index (χ4n) is 4.26. The van der Waals surface area contributed by atoms with Crippen LogP contribution in [0.2, 0.25) is 5.02 Å². The molecule has 1 fully saturated rings. The van der Waals surface area contributed by atoms with Crippen molar-refractivity contribution in [2.45, 2.75) is 80.2 Å². The maximum Gasteiger partial charge on any atom is 0.0995 e. The maximum atomic E-state index is 9.65. The summed E-state index contributed by atoms with van der Waals surface area (Å²) >= 11 is 6.58. The molecule has 0 amide bonds. The van der Waals surface area contributed by atoms with Crippen LogP contribution in [0.25, 0.3) is 16.6 Å². The highest BCUT2D eigenvalue weighted by molar-refractivity contribution is 6.31. The minimum Gasteiger partial charge on any atom is -0.316 e. The summed E-state index contributed by atoms with van der Waals surface area (Å²) in [5.74, 6) is 0. The number of likely N-dealkylation sites (N-methyl/N-ethyl adjacent to an activating group) is 1.